The maximum Gasteiger partial charge on any atom is 0.303 e. The van der Waals surface area contributed by atoms with Crippen LogP contribution in [0.5, 0.6) is 0 Å². The molecule has 6 nitrogen and oxygen atoms in total. The maximum atomic E-state index is 10.4. The van der Waals surface area contributed by atoms with Gasteiger partial charge in [0.15, 0.2) is 0 Å². The first-order valence-corrected chi connectivity index (χ1v) is 6.60. The van der Waals surface area contributed by atoms with Gasteiger partial charge in [-0.3, -0.25) is 9.78 Å². The van der Waals surface area contributed by atoms with Crippen LogP contribution in [0.15, 0.2) is 17.9 Å². The largest absolute Gasteiger partial charge is 0.481 e. The number of carboxylic acid groups (broad SMARTS) is 1. The zero-order valence-electron chi connectivity index (χ0n) is 9.82. The maximum absolute atomic E-state index is 10.4. The van der Waals surface area contributed by atoms with Crippen LogP contribution >= 0.6 is 11.3 Å². The molecule has 0 aliphatic rings. The fourth-order valence-electron chi connectivity index (χ4n) is 1.59. The minimum Gasteiger partial charge on any atom is -0.481 e. The van der Waals surface area contributed by atoms with Crippen LogP contribution in [0.4, 0.5) is 0 Å². The van der Waals surface area contributed by atoms with Crippen molar-refractivity contribution < 1.29 is 9.90 Å². The van der Waals surface area contributed by atoms with Crippen molar-refractivity contribution in [3.8, 4) is 0 Å². The summed E-state index contributed by atoms with van der Waals surface area (Å²) in [6.45, 7) is 0.687. The van der Waals surface area contributed by atoms with E-state index in [1.54, 1.807) is 21.5 Å². The summed E-state index contributed by atoms with van der Waals surface area (Å²) in [4.78, 5) is 15.5. The topological polar surface area (TPSA) is 80.9 Å². The number of carboxylic acids is 1. The Hall–Kier alpha value is -1.76. The number of hydrogen-bond donors (Lipinski definition) is 1. The summed E-state index contributed by atoms with van der Waals surface area (Å²) in [6, 6.07) is 0. The van der Waals surface area contributed by atoms with Crippen LogP contribution in [0.1, 0.15) is 29.8 Å². The molecule has 7 heteroatoms. The van der Waals surface area contributed by atoms with Crippen molar-refractivity contribution in [2.45, 2.75) is 32.2 Å². The lowest BCUT2D eigenvalue weighted by Crippen LogP contribution is -1.98. The SMILES string of the molecule is O=C(O)CCCCc1cn(Cc2cncs2)nn1. The van der Waals surface area contributed by atoms with Gasteiger partial charge in [-0.05, 0) is 19.3 Å². The molecule has 0 aliphatic carbocycles. The second-order valence-electron chi connectivity index (χ2n) is 3.98. The number of nitrogens with zero attached hydrogens (tertiary/aromatic N) is 4. The minimum absolute atomic E-state index is 0.217. The Bertz CT molecular complexity index is 495. The van der Waals surface area contributed by atoms with E-state index in [9.17, 15) is 4.79 Å². The van der Waals surface area contributed by atoms with Crippen molar-refractivity contribution >= 4 is 17.3 Å². The average Bonchev–Trinajstić information content (AvgIpc) is 2.97. The molecule has 2 rings (SSSR count). The van der Waals surface area contributed by atoms with E-state index in [-0.39, 0.29) is 6.42 Å². The van der Waals surface area contributed by atoms with Crippen molar-refractivity contribution in [2.24, 2.45) is 0 Å². The van der Waals surface area contributed by atoms with Gasteiger partial charge < -0.3 is 5.11 Å². The summed E-state index contributed by atoms with van der Waals surface area (Å²) < 4.78 is 1.78. The van der Waals surface area contributed by atoms with Crippen LogP contribution in [0.2, 0.25) is 0 Å². The highest BCUT2D eigenvalue weighted by Gasteiger charge is 2.03. The predicted octanol–water partition coefficient (Wildman–Crippen LogP) is 1.58. The van der Waals surface area contributed by atoms with Gasteiger partial charge in [0.05, 0.1) is 17.7 Å². The summed E-state index contributed by atoms with van der Waals surface area (Å²) in [5.74, 6) is -0.746. The van der Waals surface area contributed by atoms with Crippen LogP contribution < -0.4 is 0 Å². The summed E-state index contributed by atoms with van der Waals surface area (Å²) in [5, 5.41) is 16.6. The monoisotopic (exact) mass is 266 g/mol. The van der Waals surface area contributed by atoms with Crippen molar-refractivity contribution in [3.63, 3.8) is 0 Å². The molecule has 96 valence electrons. The Labute approximate surface area is 108 Å². The Morgan fingerprint density at radius 3 is 3.06 bits per heavy atom. The number of thiazole rings is 1. The van der Waals surface area contributed by atoms with Crippen LogP contribution in [0.3, 0.4) is 0 Å². The fraction of sp³-hybridized carbons (Fsp3) is 0.455. The molecule has 0 amide bonds. The standard InChI is InChI=1S/C11H14N4O2S/c16-11(17)4-2-1-3-9-6-15(14-13-9)7-10-5-12-8-18-10/h5-6,8H,1-4,7H2,(H,16,17). The molecule has 0 spiro atoms. The normalized spacial score (nSPS) is 10.7. The second kappa shape index (κ2) is 6.25. The van der Waals surface area contributed by atoms with Gasteiger partial charge in [0.25, 0.3) is 0 Å². The zero-order valence-corrected chi connectivity index (χ0v) is 10.6. The van der Waals surface area contributed by atoms with Gasteiger partial charge in [-0.15, -0.1) is 16.4 Å². The van der Waals surface area contributed by atoms with Gasteiger partial charge in [0, 0.05) is 23.7 Å². The second-order valence-corrected chi connectivity index (χ2v) is 4.95. The molecule has 18 heavy (non-hydrogen) atoms. The number of aryl methyl sites for hydroxylation is 1. The number of unbranched alkanes of at least 4 members (excludes halogenated alkanes) is 1. The molecule has 0 bridgehead atoms. The van der Waals surface area contributed by atoms with Crippen molar-refractivity contribution in [1.29, 1.82) is 0 Å². The van der Waals surface area contributed by atoms with E-state index in [1.807, 2.05) is 12.4 Å². The molecular formula is C11H14N4O2S. The lowest BCUT2D eigenvalue weighted by molar-refractivity contribution is -0.137. The summed E-state index contributed by atoms with van der Waals surface area (Å²) in [5.41, 5.74) is 2.70. The van der Waals surface area contributed by atoms with E-state index < -0.39 is 5.97 Å². The number of carbonyl (C=O) groups is 1. The minimum atomic E-state index is -0.746. The van der Waals surface area contributed by atoms with Crippen LogP contribution in [-0.2, 0) is 17.8 Å². The summed E-state index contributed by atoms with van der Waals surface area (Å²) >= 11 is 1.59. The Kier molecular flexibility index (Phi) is 4.40. The fourth-order valence-corrected chi connectivity index (χ4v) is 2.18. The number of aliphatic carboxylic acids is 1. The first-order valence-electron chi connectivity index (χ1n) is 5.72. The van der Waals surface area contributed by atoms with Crippen LogP contribution in [0, 0.1) is 0 Å². The van der Waals surface area contributed by atoms with Gasteiger partial charge in [-0.25, -0.2) is 4.68 Å². The first-order chi connectivity index (χ1) is 8.74. The Balaban J connectivity index is 1.77. The molecule has 0 fully saturated rings. The zero-order chi connectivity index (χ0) is 12.8. The quantitative estimate of drug-likeness (QED) is 0.769. The van der Waals surface area contributed by atoms with Crippen LogP contribution in [0.25, 0.3) is 0 Å². The highest BCUT2D eigenvalue weighted by Crippen LogP contribution is 2.08. The third kappa shape index (κ3) is 3.92. The number of rotatable bonds is 7. The van der Waals surface area contributed by atoms with E-state index in [1.165, 1.54) is 0 Å². The molecular weight excluding hydrogens is 252 g/mol. The molecule has 0 atom stereocenters. The van der Waals surface area contributed by atoms with E-state index in [0.29, 0.717) is 13.0 Å². The van der Waals surface area contributed by atoms with Gasteiger partial charge in [0.1, 0.15) is 0 Å². The molecule has 1 N–H and O–H groups in total. The lowest BCUT2D eigenvalue weighted by Gasteiger charge is -1.95. The van der Waals surface area contributed by atoms with Gasteiger partial charge in [-0.2, -0.15) is 0 Å². The van der Waals surface area contributed by atoms with Crippen LogP contribution in [-0.4, -0.2) is 31.1 Å². The summed E-state index contributed by atoms with van der Waals surface area (Å²) in [7, 11) is 0. The molecule has 0 radical (unpaired) electrons. The van der Waals surface area contributed by atoms with Crippen molar-refractivity contribution in [2.75, 3.05) is 0 Å². The van der Waals surface area contributed by atoms with Gasteiger partial charge in [0.2, 0.25) is 0 Å². The van der Waals surface area contributed by atoms with E-state index in [0.717, 1.165) is 23.4 Å². The predicted molar refractivity (Wildman–Crippen MR) is 66.4 cm³/mol. The van der Waals surface area contributed by atoms with Gasteiger partial charge in [-0.1, -0.05) is 5.21 Å². The van der Waals surface area contributed by atoms with E-state index in [2.05, 4.69) is 15.3 Å². The summed E-state index contributed by atoms with van der Waals surface area (Å²) in [6.07, 6.45) is 6.22. The highest BCUT2D eigenvalue weighted by atomic mass is 32.1. The van der Waals surface area contributed by atoms with Crippen molar-refractivity contribution in [3.05, 3.63) is 28.5 Å². The molecule has 2 aromatic heterocycles. The smallest absolute Gasteiger partial charge is 0.303 e. The van der Waals surface area contributed by atoms with E-state index >= 15 is 0 Å². The molecule has 0 aromatic carbocycles. The Morgan fingerprint density at radius 2 is 2.33 bits per heavy atom. The van der Waals surface area contributed by atoms with E-state index in [4.69, 9.17) is 5.11 Å². The molecule has 2 aromatic rings. The third-order valence-electron chi connectivity index (χ3n) is 2.46. The first kappa shape index (κ1) is 12.7. The number of hydrogen-bond acceptors (Lipinski definition) is 5. The number of aromatic nitrogens is 4. The van der Waals surface area contributed by atoms with Gasteiger partial charge >= 0.3 is 5.97 Å². The lowest BCUT2D eigenvalue weighted by atomic mass is 10.1. The van der Waals surface area contributed by atoms with Crippen molar-refractivity contribution in [1.82, 2.24) is 20.0 Å². The Morgan fingerprint density at radius 1 is 1.44 bits per heavy atom. The molecule has 0 unspecified atom stereocenters. The molecule has 0 aliphatic heterocycles. The average molecular weight is 266 g/mol. The molecule has 2 heterocycles. The molecule has 0 saturated heterocycles. The highest BCUT2D eigenvalue weighted by molar-refractivity contribution is 7.09. The molecule has 0 saturated carbocycles. The third-order valence-corrected chi connectivity index (χ3v) is 3.23.